The molecule has 1 rings (SSSR count). The van der Waals surface area contributed by atoms with E-state index in [-0.39, 0.29) is 6.61 Å². The van der Waals surface area contributed by atoms with Crippen LogP contribution < -0.4 is 15.8 Å². The van der Waals surface area contributed by atoms with Gasteiger partial charge in [0.2, 0.25) is 5.91 Å². The van der Waals surface area contributed by atoms with Crippen molar-refractivity contribution < 1.29 is 9.53 Å². The Labute approximate surface area is 100 Å². The molecule has 0 saturated carbocycles. The van der Waals surface area contributed by atoms with Crippen molar-refractivity contribution in [1.29, 1.82) is 5.26 Å². The number of nitrogens with one attached hydrogen (secondary N) is 1. The number of hydrogen-bond acceptors (Lipinski definition) is 4. The van der Waals surface area contributed by atoms with E-state index in [0.29, 0.717) is 12.3 Å². The molecule has 0 fully saturated rings. The summed E-state index contributed by atoms with van der Waals surface area (Å²) < 4.78 is 5.26. The van der Waals surface area contributed by atoms with Gasteiger partial charge >= 0.3 is 0 Å². The monoisotopic (exact) mass is 233 g/mol. The Bertz CT molecular complexity index is 426. The van der Waals surface area contributed by atoms with Crippen molar-refractivity contribution in [3.8, 4) is 11.8 Å². The molecule has 0 aliphatic heterocycles. The van der Waals surface area contributed by atoms with Crippen molar-refractivity contribution in [3.63, 3.8) is 0 Å². The molecule has 5 heteroatoms. The van der Waals surface area contributed by atoms with Gasteiger partial charge in [0.15, 0.2) is 6.61 Å². The number of nitrogens with two attached hydrogens (primary N) is 1. The van der Waals surface area contributed by atoms with Crippen molar-refractivity contribution in [2.45, 2.75) is 19.5 Å². The first kappa shape index (κ1) is 13.0. The van der Waals surface area contributed by atoms with E-state index in [1.165, 1.54) is 0 Å². The molecule has 0 saturated heterocycles. The summed E-state index contributed by atoms with van der Waals surface area (Å²) in [5.41, 5.74) is 6.03. The van der Waals surface area contributed by atoms with Crippen LogP contribution in [0.5, 0.6) is 5.75 Å². The van der Waals surface area contributed by atoms with Gasteiger partial charge in [-0.2, -0.15) is 5.26 Å². The first-order valence-electron chi connectivity index (χ1n) is 5.25. The second kappa shape index (κ2) is 6.51. The van der Waals surface area contributed by atoms with Crippen LogP contribution in [0, 0.1) is 11.3 Å². The summed E-state index contributed by atoms with van der Waals surface area (Å²) in [7, 11) is 0. The summed E-state index contributed by atoms with van der Waals surface area (Å²) in [5.74, 6) is 0.235. The summed E-state index contributed by atoms with van der Waals surface area (Å²) in [4.78, 5) is 10.9. The van der Waals surface area contributed by atoms with Crippen LogP contribution in [0.3, 0.4) is 0 Å². The molecule has 0 spiro atoms. The molecule has 90 valence electrons. The Morgan fingerprint density at radius 1 is 1.59 bits per heavy atom. The molecule has 3 N–H and O–H groups in total. The highest BCUT2D eigenvalue weighted by Gasteiger charge is 2.09. The molecule has 1 unspecified atom stereocenters. The van der Waals surface area contributed by atoms with Crippen LogP contribution in [0.1, 0.15) is 12.5 Å². The van der Waals surface area contributed by atoms with Gasteiger partial charge in [0.1, 0.15) is 11.8 Å². The minimum absolute atomic E-state index is 0.00237. The third-order valence-electron chi connectivity index (χ3n) is 2.29. The average molecular weight is 233 g/mol. The zero-order valence-corrected chi connectivity index (χ0v) is 9.64. The fraction of sp³-hybridized carbons (Fsp3) is 0.333. The molecular formula is C12H15N3O2. The SMILES string of the molecule is CC(NCc1ccccc1OCC#N)C(N)=O. The van der Waals surface area contributed by atoms with Gasteiger partial charge in [-0.3, -0.25) is 4.79 Å². The zero-order valence-electron chi connectivity index (χ0n) is 9.64. The number of carbonyl (C=O) groups excluding carboxylic acids is 1. The van der Waals surface area contributed by atoms with E-state index in [1.807, 2.05) is 24.3 Å². The van der Waals surface area contributed by atoms with E-state index >= 15 is 0 Å². The highest BCUT2D eigenvalue weighted by Crippen LogP contribution is 2.17. The van der Waals surface area contributed by atoms with Gasteiger partial charge < -0.3 is 15.8 Å². The van der Waals surface area contributed by atoms with E-state index in [2.05, 4.69) is 5.32 Å². The van der Waals surface area contributed by atoms with Crippen molar-refractivity contribution >= 4 is 5.91 Å². The molecule has 5 nitrogen and oxygen atoms in total. The Morgan fingerprint density at radius 3 is 2.94 bits per heavy atom. The molecule has 1 atom stereocenters. The number of carbonyl (C=O) groups is 1. The van der Waals surface area contributed by atoms with Gasteiger partial charge in [0, 0.05) is 12.1 Å². The Morgan fingerprint density at radius 2 is 2.29 bits per heavy atom. The molecule has 0 heterocycles. The van der Waals surface area contributed by atoms with E-state index < -0.39 is 11.9 Å². The number of nitriles is 1. The number of para-hydroxylation sites is 1. The Kier molecular flexibility index (Phi) is 4.98. The lowest BCUT2D eigenvalue weighted by atomic mass is 10.2. The quantitative estimate of drug-likeness (QED) is 0.751. The smallest absolute Gasteiger partial charge is 0.234 e. The predicted molar refractivity (Wildman–Crippen MR) is 63.0 cm³/mol. The molecule has 0 aliphatic rings. The molecule has 1 amide bonds. The van der Waals surface area contributed by atoms with E-state index in [1.54, 1.807) is 13.0 Å². The molecule has 1 aromatic carbocycles. The molecule has 17 heavy (non-hydrogen) atoms. The fourth-order valence-electron chi connectivity index (χ4n) is 1.26. The first-order chi connectivity index (χ1) is 8.15. The third-order valence-corrected chi connectivity index (χ3v) is 2.29. The van der Waals surface area contributed by atoms with E-state index in [0.717, 1.165) is 5.56 Å². The lowest BCUT2D eigenvalue weighted by molar-refractivity contribution is -0.119. The summed E-state index contributed by atoms with van der Waals surface area (Å²) in [6, 6.07) is 8.85. The van der Waals surface area contributed by atoms with Crippen LogP contribution in [0.15, 0.2) is 24.3 Å². The number of nitrogens with zero attached hydrogens (tertiary/aromatic N) is 1. The predicted octanol–water partition coefficient (Wildman–Crippen LogP) is 0.552. The second-order valence-electron chi connectivity index (χ2n) is 3.56. The van der Waals surface area contributed by atoms with Crippen LogP contribution in [0.2, 0.25) is 0 Å². The van der Waals surface area contributed by atoms with Gasteiger partial charge in [-0.25, -0.2) is 0 Å². The van der Waals surface area contributed by atoms with E-state index in [4.69, 9.17) is 15.7 Å². The van der Waals surface area contributed by atoms with Crippen LogP contribution in [0.4, 0.5) is 0 Å². The second-order valence-corrected chi connectivity index (χ2v) is 3.56. The average Bonchev–Trinajstić information content (AvgIpc) is 2.34. The minimum atomic E-state index is -0.404. The number of amides is 1. The van der Waals surface area contributed by atoms with Gasteiger partial charge in [-0.05, 0) is 13.0 Å². The van der Waals surface area contributed by atoms with Crippen molar-refractivity contribution in [1.82, 2.24) is 5.32 Å². The zero-order chi connectivity index (χ0) is 12.7. The Hall–Kier alpha value is -2.06. The maximum Gasteiger partial charge on any atom is 0.234 e. The molecule has 0 aliphatic carbocycles. The van der Waals surface area contributed by atoms with Crippen molar-refractivity contribution in [2.75, 3.05) is 6.61 Å². The highest BCUT2D eigenvalue weighted by atomic mass is 16.5. The summed E-state index contributed by atoms with van der Waals surface area (Å²) >= 11 is 0. The third kappa shape index (κ3) is 4.13. The fourth-order valence-corrected chi connectivity index (χ4v) is 1.26. The largest absolute Gasteiger partial charge is 0.478 e. The highest BCUT2D eigenvalue weighted by molar-refractivity contribution is 5.79. The van der Waals surface area contributed by atoms with Gasteiger partial charge in [-0.1, -0.05) is 18.2 Å². The van der Waals surface area contributed by atoms with E-state index in [9.17, 15) is 4.79 Å². The molecule has 0 aromatic heterocycles. The molecule has 1 aromatic rings. The van der Waals surface area contributed by atoms with Crippen molar-refractivity contribution in [2.24, 2.45) is 5.73 Å². The van der Waals surface area contributed by atoms with Crippen LogP contribution >= 0.6 is 0 Å². The molecular weight excluding hydrogens is 218 g/mol. The van der Waals surface area contributed by atoms with Crippen LogP contribution in [0.25, 0.3) is 0 Å². The number of rotatable bonds is 6. The number of primary amides is 1. The standard InChI is InChI=1S/C12H15N3O2/c1-9(12(14)16)15-8-10-4-2-3-5-11(10)17-7-6-13/h2-5,9,15H,7-8H2,1H3,(H2,14,16). The molecule has 0 radical (unpaired) electrons. The van der Waals surface area contributed by atoms with Gasteiger partial charge in [0.25, 0.3) is 0 Å². The first-order valence-corrected chi connectivity index (χ1v) is 5.25. The lowest BCUT2D eigenvalue weighted by Gasteiger charge is -2.12. The summed E-state index contributed by atoms with van der Waals surface area (Å²) in [6.45, 7) is 2.16. The van der Waals surface area contributed by atoms with Gasteiger partial charge in [-0.15, -0.1) is 0 Å². The van der Waals surface area contributed by atoms with Crippen molar-refractivity contribution in [3.05, 3.63) is 29.8 Å². The van der Waals surface area contributed by atoms with Crippen LogP contribution in [-0.2, 0) is 11.3 Å². The Balaban J connectivity index is 2.64. The topological polar surface area (TPSA) is 88.1 Å². The maximum atomic E-state index is 10.9. The van der Waals surface area contributed by atoms with Crippen LogP contribution in [-0.4, -0.2) is 18.6 Å². The maximum absolute atomic E-state index is 10.9. The summed E-state index contributed by atoms with van der Waals surface area (Å²) in [5, 5.41) is 11.4. The lowest BCUT2D eigenvalue weighted by Crippen LogP contribution is -2.38. The number of ether oxygens (including phenoxy) is 1. The number of hydrogen-bond donors (Lipinski definition) is 2. The summed E-state index contributed by atoms with van der Waals surface area (Å²) in [6.07, 6.45) is 0. The normalized spacial score (nSPS) is 11.5. The minimum Gasteiger partial charge on any atom is -0.478 e. The van der Waals surface area contributed by atoms with Gasteiger partial charge in [0.05, 0.1) is 6.04 Å². The molecule has 0 bridgehead atoms. The number of benzene rings is 1.